The second-order valence-electron chi connectivity index (χ2n) is 4.98. The van der Waals surface area contributed by atoms with Gasteiger partial charge in [0.05, 0.1) is 0 Å². The third kappa shape index (κ3) is 1.70. The van der Waals surface area contributed by atoms with Crippen molar-refractivity contribution in [3.8, 4) is 11.1 Å². The highest BCUT2D eigenvalue weighted by Gasteiger charge is 2.07. The maximum atomic E-state index is 3.18. The van der Waals surface area contributed by atoms with Crippen LogP contribution in [0.15, 0.2) is 78.9 Å². The first-order valence-electron chi connectivity index (χ1n) is 6.80. The van der Waals surface area contributed by atoms with Gasteiger partial charge in [0.2, 0.25) is 0 Å². The second-order valence-corrected chi connectivity index (χ2v) is 4.98. The van der Waals surface area contributed by atoms with E-state index in [1.165, 1.54) is 32.7 Å². The molecular weight excluding hydrogens is 240 g/mol. The van der Waals surface area contributed by atoms with Crippen LogP contribution < -0.4 is 0 Å². The summed E-state index contributed by atoms with van der Waals surface area (Å²) in [7, 11) is 0. The van der Waals surface area contributed by atoms with E-state index < -0.39 is 0 Å². The fraction of sp³-hybridized carbons (Fsp3) is 0. The zero-order valence-corrected chi connectivity index (χ0v) is 11.0. The van der Waals surface area contributed by atoms with E-state index in [0.717, 1.165) is 0 Å². The molecule has 0 bridgehead atoms. The number of benzene rings is 4. The molecule has 0 saturated heterocycles. The quantitative estimate of drug-likeness (QED) is 0.395. The Morgan fingerprint density at radius 3 is 2.25 bits per heavy atom. The van der Waals surface area contributed by atoms with Crippen LogP contribution in [-0.4, -0.2) is 0 Å². The van der Waals surface area contributed by atoms with Crippen molar-refractivity contribution in [2.45, 2.75) is 0 Å². The van der Waals surface area contributed by atoms with Crippen LogP contribution in [0.1, 0.15) is 0 Å². The molecule has 0 aromatic heterocycles. The van der Waals surface area contributed by atoms with E-state index in [2.05, 4.69) is 78.9 Å². The molecule has 93 valence electrons. The van der Waals surface area contributed by atoms with E-state index in [0.29, 0.717) is 0 Å². The van der Waals surface area contributed by atoms with Crippen molar-refractivity contribution in [3.05, 3.63) is 84.9 Å². The fourth-order valence-electron chi connectivity index (χ4n) is 2.85. The minimum absolute atomic E-state index is 1.24. The van der Waals surface area contributed by atoms with E-state index in [-0.39, 0.29) is 0 Å². The van der Waals surface area contributed by atoms with Crippen molar-refractivity contribution < 1.29 is 0 Å². The van der Waals surface area contributed by atoms with Crippen molar-refractivity contribution in [2.75, 3.05) is 0 Å². The zero-order chi connectivity index (χ0) is 13.4. The number of fused-ring (bicyclic) bond motifs is 3. The van der Waals surface area contributed by atoms with E-state index in [4.69, 9.17) is 0 Å². The van der Waals surface area contributed by atoms with E-state index >= 15 is 0 Å². The topological polar surface area (TPSA) is 0 Å². The average molecular weight is 253 g/mol. The summed E-state index contributed by atoms with van der Waals surface area (Å²) < 4.78 is 0. The Hall–Kier alpha value is -2.60. The molecule has 0 spiro atoms. The van der Waals surface area contributed by atoms with Crippen LogP contribution in [0.25, 0.3) is 32.7 Å². The Morgan fingerprint density at radius 1 is 0.650 bits per heavy atom. The Balaban J connectivity index is 2.19. The first-order valence-corrected chi connectivity index (χ1v) is 6.80. The molecule has 0 saturated carbocycles. The summed E-state index contributed by atoms with van der Waals surface area (Å²) in [4.78, 5) is 0. The molecule has 1 radical (unpaired) electrons. The van der Waals surface area contributed by atoms with Crippen molar-refractivity contribution in [3.63, 3.8) is 0 Å². The Kier molecular flexibility index (Phi) is 2.53. The summed E-state index contributed by atoms with van der Waals surface area (Å²) in [5.74, 6) is 0. The summed E-state index contributed by atoms with van der Waals surface area (Å²) in [5.41, 5.74) is 2.54. The van der Waals surface area contributed by atoms with Gasteiger partial charge in [-0.15, -0.1) is 0 Å². The van der Waals surface area contributed by atoms with Gasteiger partial charge >= 0.3 is 0 Å². The third-order valence-corrected chi connectivity index (χ3v) is 3.79. The van der Waals surface area contributed by atoms with Crippen LogP contribution in [0, 0.1) is 6.07 Å². The average Bonchev–Trinajstić information content (AvgIpc) is 2.55. The predicted octanol–water partition coefficient (Wildman–Crippen LogP) is 5.46. The Bertz CT molecular complexity index is 889. The highest BCUT2D eigenvalue weighted by molar-refractivity contribution is 6.13. The van der Waals surface area contributed by atoms with Crippen molar-refractivity contribution in [1.29, 1.82) is 0 Å². The normalized spacial score (nSPS) is 11.0. The predicted molar refractivity (Wildman–Crippen MR) is 85.7 cm³/mol. The molecule has 4 rings (SSSR count). The highest BCUT2D eigenvalue weighted by Crippen LogP contribution is 2.34. The number of hydrogen-bond donors (Lipinski definition) is 0. The maximum Gasteiger partial charge on any atom is -0.00990 e. The van der Waals surface area contributed by atoms with Gasteiger partial charge in [0, 0.05) is 0 Å². The van der Waals surface area contributed by atoms with E-state index in [1.807, 2.05) is 6.07 Å². The Morgan fingerprint density at radius 2 is 1.40 bits per heavy atom. The van der Waals surface area contributed by atoms with Crippen molar-refractivity contribution in [2.24, 2.45) is 0 Å². The third-order valence-electron chi connectivity index (χ3n) is 3.79. The lowest BCUT2D eigenvalue weighted by Crippen LogP contribution is -1.84. The van der Waals surface area contributed by atoms with Gasteiger partial charge in [-0.1, -0.05) is 66.7 Å². The number of rotatable bonds is 1. The van der Waals surface area contributed by atoms with Crippen LogP contribution in [0.4, 0.5) is 0 Å². The smallest absolute Gasteiger partial charge is 0.00990 e. The lowest BCUT2D eigenvalue weighted by molar-refractivity contribution is 1.66. The molecule has 0 heteroatoms. The molecule has 0 unspecified atom stereocenters. The van der Waals surface area contributed by atoms with Crippen LogP contribution in [0.3, 0.4) is 0 Å². The molecule has 0 atom stereocenters. The SMILES string of the molecule is [c]1ccc2c(c1)cc(-c1ccccc1)c1ccccc12. The lowest BCUT2D eigenvalue weighted by atomic mass is 9.93. The molecule has 0 aliphatic carbocycles. The molecule has 20 heavy (non-hydrogen) atoms. The molecule has 0 heterocycles. The van der Waals surface area contributed by atoms with Gasteiger partial charge in [0.25, 0.3) is 0 Å². The molecule has 0 nitrogen and oxygen atoms in total. The molecular formula is C20H13. The molecule has 0 aliphatic rings. The van der Waals surface area contributed by atoms with Gasteiger partial charge in [-0.25, -0.2) is 0 Å². The molecule has 0 aliphatic heterocycles. The van der Waals surface area contributed by atoms with Crippen LogP contribution in [0.2, 0.25) is 0 Å². The number of hydrogen-bond acceptors (Lipinski definition) is 0. The second kappa shape index (κ2) is 4.50. The Labute approximate surface area is 118 Å². The van der Waals surface area contributed by atoms with Crippen LogP contribution in [-0.2, 0) is 0 Å². The first kappa shape index (κ1) is 11.2. The summed E-state index contributed by atoms with van der Waals surface area (Å²) in [6.07, 6.45) is 0. The molecule has 4 aromatic carbocycles. The van der Waals surface area contributed by atoms with E-state index in [1.54, 1.807) is 0 Å². The molecule has 0 N–H and O–H groups in total. The fourth-order valence-corrected chi connectivity index (χ4v) is 2.85. The highest BCUT2D eigenvalue weighted by atomic mass is 14.1. The van der Waals surface area contributed by atoms with Crippen molar-refractivity contribution in [1.82, 2.24) is 0 Å². The largest absolute Gasteiger partial charge is 0.0622 e. The molecule has 4 aromatic rings. The van der Waals surface area contributed by atoms with Gasteiger partial charge in [-0.05, 0) is 50.9 Å². The maximum absolute atomic E-state index is 3.18. The first-order chi connectivity index (χ1) is 9.93. The van der Waals surface area contributed by atoms with Crippen LogP contribution in [0.5, 0.6) is 0 Å². The monoisotopic (exact) mass is 253 g/mol. The zero-order valence-electron chi connectivity index (χ0n) is 11.0. The van der Waals surface area contributed by atoms with Gasteiger partial charge in [-0.3, -0.25) is 0 Å². The standard InChI is InChI=1S/C20H13/c1-2-8-15(9-3-1)20-14-16-10-4-5-11-17(16)18-12-6-7-13-19(18)20/h1-3,5-14H. The molecule has 0 amide bonds. The minimum atomic E-state index is 1.24. The lowest BCUT2D eigenvalue weighted by Gasteiger charge is -2.10. The summed E-state index contributed by atoms with van der Waals surface area (Å²) in [6.45, 7) is 0. The van der Waals surface area contributed by atoms with Gasteiger partial charge < -0.3 is 0 Å². The van der Waals surface area contributed by atoms with Gasteiger partial charge in [-0.2, -0.15) is 0 Å². The van der Waals surface area contributed by atoms with Gasteiger partial charge in [0.1, 0.15) is 0 Å². The minimum Gasteiger partial charge on any atom is -0.0622 e. The summed E-state index contributed by atoms with van der Waals surface area (Å²) in [6, 6.07) is 30.8. The van der Waals surface area contributed by atoms with Crippen molar-refractivity contribution >= 4 is 21.5 Å². The summed E-state index contributed by atoms with van der Waals surface area (Å²) in [5, 5.41) is 5.14. The molecule has 0 fully saturated rings. The van der Waals surface area contributed by atoms with E-state index in [9.17, 15) is 0 Å². The van der Waals surface area contributed by atoms with Crippen LogP contribution >= 0.6 is 0 Å². The van der Waals surface area contributed by atoms with Gasteiger partial charge in [0.15, 0.2) is 0 Å². The summed E-state index contributed by atoms with van der Waals surface area (Å²) >= 11 is 0.